The lowest BCUT2D eigenvalue weighted by Crippen LogP contribution is -2.43. The van der Waals surface area contributed by atoms with Gasteiger partial charge in [-0.1, -0.05) is 20.8 Å². The Morgan fingerprint density at radius 2 is 1.63 bits per heavy atom. The van der Waals surface area contributed by atoms with Crippen LogP contribution in [0.1, 0.15) is 59.3 Å². The van der Waals surface area contributed by atoms with Crippen LogP contribution in [0, 0.1) is 17.3 Å². The molecule has 1 fully saturated rings. The minimum Gasteiger partial charge on any atom is -0.271 e. The number of hydrogen-bond donors (Lipinski definition) is 2. The maximum atomic E-state index is 12.3. The molecule has 0 spiro atoms. The van der Waals surface area contributed by atoms with Gasteiger partial charge in [-0.15, -0.1) is 0 Å². The Morgan fingerprint density at radius 1 is 1.11 bits per heavy atom. The van der Waals surface area contributed by atoms with Crippen molar-refractivity contribution in [3.05, 3.63) is 0 Å². The van der Waals surface area contributed by atoms with Gasteiger partial charge in [-0.2, -0.15) is 13.2 Å². The number of rotatable bonds is 4. The van der Waals surface area contributed by atoms with Crippen LogP contribution in [0.3, 0.4) is 0 Å². The fourth-order valence-electron chi connectivity index (χ4n) is 3.16. The summed E-state index contributed by atoms with van der Waals surface area (Å²) in [6.45, 7) is 6.71. The Hall–Kier alpha value is -0.290. The average Bonchev–Trinajstić information content (AvgIpc) is 2.28. The van der Waals surface area contributed by atoms with Crippen molar-refractivity contribution in [3.63, 3.8) is 0 Å². The number of hydrazine groups is 1. The molecule has 19 heavy (non-hydrogen) atoms. The first-order valence-electron chi connectivity index (χ1n) is 7.16. The molecule has 0 bridgehead atoms. The van der Waals surface area contributed by atoms with Gasteiger partial charge in [0.25, 0.3) is 0 Å². The van der Waals surface area contributed by atoms with Crippen molar-refractivity contribution in [2.45, 2.75) is 71.5 Å². The van der Waals surface area contributed by atoms with E-state index in [0.717, 1.165) is 25.7 Å². The van der Waals surface area contributed by atoms with E-state index < -0.39 is 12.6 Å². The normalized spacial score (nSPS) is 27.3. The largest absolute Gasteiger partial charge is 0.389 e. The fourth-order valence-corrected chi connectivity index (χ4v) is 3.16. The highest BCUT2D eigenvalue weighted by Gasteiger charge is 2.34. The van der Waals surface area contributed by atoms with E-state index in [0.29, 0.717) is 11.3 Å². The highest BCUT2D eigenvalue weighted by atomic mass is 19.4. The van der Waals surface area contributed by atoms with Crippen LogP contribution in [0.4, 0.5) is 13.2 Å². The molecule has 1 saturated carbocycles. The SMILES string of the molecule is CC(C)(C)C1CCC(C(CCC(F)(F)F)NN)CC1. The molecular formula is C14H27F3N2. The molecule has 0 aromatic rings. The summed E-state index contributed by atoms with van der Waals surface area (Å²) in [4.78, 5) is 0. The second-order valence-electron chi connectivity index (χ2n) is 6.90. The van der Waals surface area contributed by atoms with Crippen molar-refractivity contribution in [2.24, 2.45) is 23.1 Å². The molecule has 1 aliphatic carbocycles. The maximum Gasteiger partial charge on any atom is 0.389 e. The van der Waals surface area contributed by atoms with Crippen LogP contribution in [-0.2, 0) is 0 Å². The van der Waals surface area contributed by atoms with Crippen molar-refractivity contribution >= 4 is 0 Å². The molecule has 1 atom stereocenters. The Labute approximate surface area is 114 Å². The lowest BCUT2D eigenvalue weighted by atomic mass is 9.68. The lowest BCUT2D eigenvalue weighted by Gasteiger charge is -2.39. The molecule has 114 valence electrons. The molecule has 5 heteroatoms. The van der Waals surface area contributed by atoms with Crippen molar-refractivity contribution in [1.29, 1.82) is 0 Å². The van der Waals surface area contributed by atoms with Crippen LogP contribution >= 0.6 is 0 Å². The van der Waals surface area contributed by atoms with Gasteiger partial charge in [0.1, 0.15) is 0 Å². The zero-order chi connectivity index (χ0) is 14.7. The van der Waals surface area contributed by atoms with E-state index in [-0.39, 0.29) is 18.4 Å². The van der Waals surface area contributed by atoms with Gasteiger partial charge >= 0.3 is 6.18 Å². The monoisotopic (exact) mass is 280 g/mol. The Bertz CT molecular complexity index is 263. The summed E-state index contributed by atoms with van der Waals surface area (Å²) >= 11 is 0. The van der Waals surface area contributed by atoms with Crippen molar-refractivity contribution in [2.75, 3.05) is 0 Å². The topological polar surface area (TPSA) is 38.0 Å². The maximum absolute atomic E-state index is 12.3. The minimum absolute atomic E-state index is 0.0881. The predicted octanol–water partition coefficient (Wildman–Crippen LogP) is 4.01. The molecule has 2 nitrogen and oxygen atoms in total. The van der Waals surface area contributed by atoms with Gasteiger partial charge in [0.05, 0.1) is 0 Å². The van der Waals surface area contributed by atoms with E-state index in [1.165, 1.54) is 0 Å². The van der Waals surface area contributed by atoms with Crippen molar-refractivity contribution in [3.8, 4) is 0 Å². The fraction of sp³-hybridized carbons (Fsp3) is 1.00. The van der Waals surface area contributed by atoms with Gasteiger partial charge in [-0.05, 0) is 49.4 Å². The average molecular weight is 280 g/mol. The van der Waals surface area contributed by atoms with Crippen LogP contribution in [0.25, 0.3) is 0 Å². The molecule has 0 aromatic carbocycles. The van der Waals surface area contributed by atoms with Gasteiger partial charge in [-0.25, -0.2) is 0 Å². The van der Waals surface area contributed by atoms with Crippen molar-refractivity contribution in [1.82, 2.24) is 5.43 Å². The molecule has 0 aliphatic heterocycles. The van der Waals surface area contributed by atoms with E-state index in [4.69, 9.17) is 5.84 Å². The molecule has 0 radical (unpaired) electrons. The van der Waals surface area contributed by atoms with Crippen LogP contribution in [-0.4, -0.2) is 12.2 Å². The first-order chi connectivity index (χ1) is 8.63. The zero-order valence-electron chi connectivity index (χ0n) is 12.2. The second-order valence-corrected chi connectivity index (χ2v) is 6.90. The molecule has 0 amide bonds. The summed E-state index contributed by atoms with van der Waals surface area (Å²) < 4.78 is 36.8. The van der Waals surface area contributed by atoms with Gasteiger partial charge in [0, 0.05) is 12.5 Å². The first-order valence-corrected chi connectivity index (χ1v) is 7.16. The third-order valence-electron chi connectivity index (χ3n) is 4.52. The second kappa shape index (κ2) is 6.44. The number of alkyl halides is 3. The number of hydrogen-bond acceptors (Lipinski definition) is 2. The minimum atomic E-state index is -4.09. The highest BCUT2D eigenvalue weighted by Crippen LogP contribution is 2.41. The van der Waals surface area contributed by atoms with Gasteiger partial charge in [0.2, 0.25) is 0 Å². The molecule has 0 aromatic heterocycles. The Balaban J connectivity index is 2.44. The predicted molar refractivity (Wildman–Crippen MR) is 71.3 cm³/mol. The van der Waals surface area contributed by atoms with E-state index in [1.807, 2.05) is 0 Å². The smallest absolute Gasteiger partial charge is 0.271 e. The Kier molecular flexibility index (Phi) is 5.68. The van der Waals surface area contributed by atoms with Crippen LogP contribution in [0.2, 0.25) is 0 Å². The molecule has 0 heterocycles. The van der Waals surface area contributed by atoms with E-state index in [1.54, 1.807) is 0 Å². The van der Waals surface area contributed by atoms with Gasteiger partial charge in [0.15, 0.2) is 0 Å². The Morgan fingerprint density at radius 3 is 2.00 bits per heavy atom. The van der Waals surface area contributed by atoms with Crippen molar-refractivity contribution < 1.29 is 13.2 Å². The molecule has 1 rings (SSSR count). The summed E-state index contributed by atoms with van der Waals surface area (Å²) in [5.74, 6) is 6.39. The van der Waals surface area contributed by atoms with Crippen LogP contribution < -0.4 is 11.3 Å². The zero-order valence-corrected chi connectivity index (χ0v) is 12.2. The van der Waals surface area contributed by atoms with E-state index in [2.05, 4.69) is 26.2 Å². The lowest BCUT2D eigenvalue weighted by molar-refractivity contribution is -0.137. The summed E-state index contributed by atoms with van der Waals surface area (Å²) in [5.41, 5.74) is 2.89. The van der Waals surface area contributed by atoms with Gasteiger partial charge in [-0.3, -0.25) is 11.3 Å². The molecule has 0 saturated heterocycles. The summed E-state index contributed by atoms with van der Waals surface area (Å²) in [7, 11) is 0. The molecular weight excluding hydrogens is 253 g/mol. The van der Waals surface area contributed by atoms with E-state index in [9.17, 15) is 13.2 Å². The van der Waals surface area contributed by atoms with Crippen LogP contribution in [0.5, 0.6) is 0 Å². The molecule has 3 N–H and O–H groups in total. The third-order valence-corrected chi connectivity index (χ3v) is 4.52. The third kappa shape index (κ3) is 5.69. The standard InChI is InChI=1S/C14H27F3N2/c1-13(2,3)11-6-4-10(5-7-11)12(19-18)8-9-14(15,16)17/h10-12,19H,4-9,18H2,1-3H3. The van der Waals surface area contributed by atoms with E-state index >= 15 is 0 Å². The summed E-state index contributed by atoms with van der Waals surface area (Å²) in [6.07, 6.45) is -0.594. The van der Waals surface area contributed by atoms with Crippen LogP contribution in [0.15, 0.2) is 0 Å². The molecule has 1 aliphatic rings. The summed E-state index contributed by atoms with van der Waals surface area (Å²) in [5, 5.41) is 0. The van der Waals surface area contributed by atoms with Gasteiger partial charge < -0.3 is 0 Å². The molecule has 1 unspecified atom stereocenters. The first kappa shape index (κ1) is 16.8. The number of halogens is 3. The number of nitrogens with two attached hydrogens (primary N) is 1. The highest BCUT2D eigenvalue weighted by molar-refractivity contribution is 4.85. The summed E-state index contributed by atoms with van der Waals surface area (Å²) in [6, 6.07) is -0.206. The number of nitrogens with one attached hydrogen (secondary N) is 1. The quantitative estimate of drug-likeness (QED) is 0.603.